The summed E-state index contributed by atoms with van der Waals surface area (Å²) in [6, 6.07) is 0. The monoisotopic (exact) mass is 251 g/mol. The summed E-state index contributed by atoms with van der Waals surface area (Å²) >= 11 is 0. The van der Waals surface area contributed by atoms with Crippen LogP contribution in [0.25, 0.3) is 0 Å². The second kappa shape index (κ2) is 10.2. The molecule has 1 aromatic rings. The molecular formula is C16H29NO. The van der Waals surface area contributed by atoms with E-state index in [0.29, 0.717) is 5.92 Å². The van der Waals surface area contributed by atoms with E-state index in [1.54, 1.807) is 6.39 Å². The van der Waals surface area contributed by atoms with Crippen LogP contribution in [0.3, 0.4) is 0 Å². The van der Waals surface area contributed by atoms with Crippen molar-refractivity contribution >= 4 is 0 Å². The molecule has 0 atom stereocenters. The Labute approximate surface area is 112 Å². The van der Waals surface area contributed by atoms with E-state index in [1.807, 2.05) is 6.26 Å². The fourth-order valence-corrected chi connectivity index (χ4v) is 2.50. The topological polar surface area (TPSA) is 26.0 Å². The molecule has 0 amide bonds. The van der Waals surface area contributed by atoms with Gasteiger partial charge in [-0.15, -0.1) is 0 Å². The van der Waals surface area contributed by atoms with E-state index in [9.17, 15) is 0 Å². The van der Waals surface area contributed by atoms with Crippen molar-refractivity contribution in [1.82, 2.24) is 4.98 Å². The van der Waals surface area contributed by atoms with Crippen molar-refractivity contribution in [3.8, 4) is 0 Å². The number of oxazole rings is 1. The molecule has 0 aliphatic heterocycles. The SMILES string of the molecule is CCCCCCC(CCCCCC)c1cocn1. The Bertz CT molecular complexity index is 257. The van der Waals surface area contributed by atoms with Gasteiger partial charge in [0.2, 0.25) is 0 Å². The molecule has 2 nitrogen and oxygen atoms in total. The van der Waals surface area contributed by atoms with Crippen LogP contribution in [-0.2, 0) is 0 Å². The Morgan fingerprint density at radius 2 is 1.56 bits per heavy atom. The first-order valence-electron chi connectivity index (χ1n) is 7.76. The lowest BCUT2D eigenvalue weighted by Crippen LogP contribution is -2.00. The molecule has 0 fully saturated rings. The van der Waals surface area contributed by atoms with Crippen molar-refractivity contribution < 1.29 is 4.42 Å². The minimum atomic E-state index is 0.623. The zero-order valence-corrected chi connectivity index (χ0v) is 12.2. The lowest BCUT2D eigenvalue weighted by Gasteiger charge is -2.14. The summed E-state index contributed by atoms with van der Waals surface area (Å²) in [4.78, 5) is 4.35. The number of rotatable bonds is 11. The van der Waals surface area contributed by atoms with E-state index in [-0.39, 0.29) is 0 Å². The van der Waals surface area contributed by atoms with Crippen molar-refractivity contribution in [3.63, 3.8) is 0 Å². The predicted molar refractivity (Wildman–Crippen MR) is 76.8 cm³/mol. The zero-order valence-electron chi connectivity index (χ0n) is 12.2. The molecule has 0 radical (unpaired) electrons. The van der Waals surface area contributed by atoms with Gasteiger partial charge in [0.25, 0.3) is 0 Å². The van der Waals surface area contributed by atoms with Crippen LogP contribution in [0.1, 0.15) is 89.7 Å². The summed E-state index contributed by atoms with van der Waals surface area (Å²) in [7, 11) is 0. The number of nitrogens with zero attached hydrogens (tertiary/aromatic N) is 1. The minimum absolute atomic E-state index is 0.623. The molecule has 0 aromatic carbocycles. The highest BCUT2D eigenvalue weighted by Crippen LogP contribution is 2.27. The molecule has 2 heteroatoms. The number of aromatic nitrogens is 1. The van der Waals surface area contributed by atoms with E-state index in [0.717, 1.165) is 0 Å². The van der Waals surface area contributed by atoms with Crippen LogP contribution in [0.2, 0.25) is 0 Å². The summed E-state index contributed by atoms with van der Waals surface area (Å²) in [6.45, 7) is 4.53. The van der Waals surface area contributed by atoms with Crippen molar-refractivity contribution in [3.05, 3.63) is 18.4 Å². The fourth-order valence-electron chi connectivity index (χ4n) is 2.50. The van der Waals surface area contributed by atoms with Gasteiger partial charge in [0.15, 0.2) is 6.39 Å². The maximum absolute atomic E-state index is 5.14. The third-order valence-electron chi connectivity index (χ3n) is 3.68. The van der Waals surface area contributed by atoms with E-state index in [4.69, 9.17) is 4.42 Å². The Balaban J connectivity index is 2.29. The zero-order chi connectivity index (χ0) is 13.1. The highest BCUT2D eigenvalue weighted by atomic mass is 16.3. The van der Waals surface area contributed by atoms with Crippen LogP contribution in [-0.4, -0.2) is 4.98 Å². The minimum Gasteiger partial charge on any atom is -0.451 e. The van der Waals surface area contributed by atoms with Gasteiger partial charge in [0.05, 0.1) is 5.69 Å². The average Bonchev–Trinajstić information content (AvgIpc) is 2.91. The highest BCUT2D eigenvalue weighted by molar-refractivity contribution is 5.00. The third kappa shape index (κ3) is 6.23. The quantitative estimate of drug-likeness (QED) is 0.471. The van der Waals surface area contributed by atoms with Crippen LogP contribution >= 0.6 is 0 Å². The normalized spacial score (nSPS) is 11.3. The van der Waals surface area contributed by atoms with Crippen molar-refractivity contribution in [1.29, 1.82) is 0 Å². The molecule has 104 valence electrons. The fraction of sp³-hybridized carbons (Fsp3) is 0.812. The van der Waals surface area contributed by atoms with Gasteiger partial charge < -0.3 is 4.42 Å². The molecule has 0 saturated heterocycles. The molecule has 0 aliphatic rings. The maximum Gasteiger partial charge on any atom is 0.180 e. The largest absolute Gasteiger partial charge is 0.451 e. The predicted octanol–water partition coefficient (Wildman–Crippen LogP) is 5.70. The van der Waals surface area contributed by atoms with Gasteiger partial charge in [0, 0.05) is 5.92 Å². The smallest absolute Gasteiger partial charge is 0.180 e. The van der Waals surface area contributed by atoms with Crippen molar-refractivity contribution in [2.24, 2.45) is 0 Å². The van der Waals surface area contributed by atoms with Gasteiger partial charge >= 0.3 is 0 Å². The van der Waals surface area contributed by atoms with E-state index in [2.05, 4.69) is 18.8 Å². The van der Waals surface area contributed by atoms with Gasteiger partial charge in [-0.1, -0.05) is 65.2 Å². The van der Waals surface area contributed by atoms with Crippen molar-refractivity contribution in [2.75, 3.05) is 0 Å². The first-order chi connectivity index (χ1) is 8.88. The molecule has 1 aromatic heterocycles. The molecule has 0 aliphatic carbocycles. The molecule has 0 unspecified atom stereocenters. The second-order valence-electron chi connectivity index (χ2n) is 5.31. The van der Waals surface area contributed by atoms with Crippen LogP contribution in [0.5, 0.6) is 0 Å². The number of hydrogen-bond acceptors (Lipinski definition) is 2. The van der Waals surface area contributed by atoms with Crippen LogP contribution in [0.4, 0.5) is 0 Å². The van der Waals surface area contributed by atoms with Crippen LogP contribution in [0, 0.1) is 0 Å². The molecule has 0 spiro atoms. The molecule has 0 saturated carbocycles. The van der Waals surface area contributed by atoms with Crippen molar-refractivity contribution in [2.45, 2.75) is 84.0 Å². The number of hydrogen-bond donors (Lipinski definition) is 0. The molecule has 0 bridgehead atoms. The van der Waals surface area contributed by atoms with Gasteiger partial charge in [-0.3, -0.25) is 0 Å². The second-order valence-corrected chi connectivity index (χ2v) is 5.31. The molecule has 0 N–H and O–H groups in total. The standard InChI is InChI=1S/C16H29NO/c1-3-5-7-9-11-15(12-10-8-6-4-2)16-13-18-14-17-16/h13-15H,3-12H2,1-2H3. The molecule has 1 heterocycles. The Morgan fingerprint density at radius 3 is 2.00 bits per heavy atom. The van der Waals surface area contributed by atoms with Gasteiger partial charge in [-0.2, -0.15) is 0 Å². The van der Waals surface area contributed by atoms with E-state index in [1.165, 1.54) is 69.9 Å². The summed E-state index contributed by atoms with van der Waals surface area (Å²) in [5, 5.41) is 0. The third-order valence-corrected chi connectivity index (χ3v) is 3.68. The van der Waals surface area contributed by atoms with E-state index >= 15 is 0 Å². The van der Waals surface area contributed by atoms with Gasteiger partial charge in [0.1, 0.15) is 6.26 Å². The van der Waals surface area contributed by atoms with Gasteiger partial charge in [-0.25, -0.2) is 4.98 Å². The first-order valence-corrected chi connectivity index (χ1v) is 7.76. The van der Waals surface area contributed by atoms with Gasteiger partial charge in [-0.05, 0) is 12.8 Å². The average molecular weight is 251 g/mol. The highest BCUT2D eigenvalue weighted by Gasteiger charge is 2.13. The summed E-state index contributed by atoms with van der Waals surface area (Å²) in [5.74, 6) is 0.623. The Hall–Kier alpha value is -0.790. The molecule has 18 heavy (non-hydrogen) atoms. The number of unbranched alkanes of at least 4 members (excludes halogenated alkanes) is 6. The first kappa shape index (κ1) is 15.3. The maximum atomic E-state index is 5.14. The Kier molecular flexibility index (Phi) is 8.62. The molecule has 1 rings (SSSR count). The lowest BCUT2D eigenvalue weighted by atomic mass is 9.92. The summed E-state index contributed by atoms with van der Waals surface area (Å²) in [5.41, 5.74) is 1.17. The van der Waals surface area contributed by atoms with E-state index < -0.39 is 0 Å². The molecular weight excluding hydrogens is 222 g/mol. The van der Waals surface area contributed by atoms with Crippen LogP contribution in [0.15, 0.2) is 17.1 Å². The summed E-state index contributed by atoms with van der Waals surface area (Å²) < 4.78 is 5.14. The summed E-state index contributed by atoms with van der Waals surface area (Å²) in [6.07, 6.45) is 16.7. The Morgan fingerprint density at radius 1 is 0.944 bits per heavy atom. The van der Waals surface area contributed by atoms with Crippen LogP contribution < -0.4 is 0 Å². The lowest BCUT2D eigenvalue weighted by molar-refractivity contribution is 0.485.